The highest BCUT2D eigenvalue weighted by atomic mass is 32.2. The molecule has 0 saturated heterocycles. The van der Waals surface area contributed by atoms with Gasteiger partial charge in [0.05, 0.1) is 23.3 Å². The molecule has 10 heteroatoms. The Kier molecular flexibility index (Phi) is 5.41. The predicted octanol–water partition coefficient (Wildman–Crippen LogP) is 3.28. The fraction of sp³-hybridized carbons (Fsp3) is 0.278. The molecule has 0 amide bonds. The predicted molar refractivity (Wildman–Crippen MR) is 95.9 cm³/mol. The normalized spacial score (nSPS) is 13.3. The van der Waals surface area contributed by atoms with Crippen molar-refractivity contribution < 1.29 is 36.6 Å². The van der Waals surface area contributed by atoms with Crippen LogP contribution in [0.5, 0.6) is 11.5 Å². The third-order valence-corrected chi connectivity index (χ3v) is 5.74. The minimum absolute atomic E-state index is 0.0173. The fourth-order valence-corrected chi connectivity index (χ4v) is 4.21. The Bertz CT molecular complexity index is 1020. The minimum Gasteiger partial charge on any atom is -0.493 e. The number of alkyl halides is 2. The number of hydrogen-bond acceptors (Lipinski definition) is 5. The molecule has 1 aliphatic rings. The zero-order valence-corrected chi connectivity index (χ0v) is 15.6. The summed E-state index contributed by atoms with van der Waals surface area (Å²) in [6, 6.07) is 6.50. The number of aromatic carboxylic acids is 1. The third kappa shape index (κ3) is 4.01. The first-order valence-corrected chi connectivity index (χ1v) is 9.74. The second kappa shape index (κ2) is 7.63. The van der Waals surface area contributed by atoms with E-state index >= 15 is 0 Å². The Balaban J connectivity index is 2.01. The van der Waals surface area contributed by atoms with Gasteiger partial charge in [-0.25, -0.2) is 13.2 Å². The van der Waals surface area contributed by atoms with Crippen molar-refractivity contribution in [1.29, 1.82) is 0 Å². The van der Waals surface area contributed by atoms with Gasteiger partial charge in [-0.1, -0.05) is 6.07 Å². The lowest BCUT2D eigenvalue weighted by Crippen LogP contribution is -2.16. The Morgan fingerprint density at radius 3 is 2.50 bits per heavy atom. The van der Waals surface area contributed by atoms with Crippen molar-refractivity contribution in [1.82, 2.24) is 0 Å². The van der Waals surface area contributed by atoms with Crippen molar-refractivity contribution in [3.63, 3.8) is 0 Å². The molecule has 2 N–H and O–H groups in total. The molecule has 7 nitrogen and oxygen atoms in total. The Hall–Kier alpha value is -2.88. The van der Waals surface area contributed by atoms with Crippen LogP contribution in [-0.2, 0) is 22.9 Å². The summed E-state index contributed by atoms with van der Waals surface area (Å²) >= 11 is 0. The van der Waals surface area contributed by atoms with Gasteiger partial charge in [0.1, 0.15) is 0 Å². The van der Waals surface area contributed by atoms with Gasteiger partial charge in [0.15, 0.2) is 11.5 Å². The van der Waals surface area contributed by atoms with E-state index in [-0.39, 0.29) is 16.3 Å². The van der Waals surface area contributed by atoms with E-state index in [1.165, 1.54) is 6.07 Å². The van der Waals surface area contributed by atoms with Crippen LogP contribution in [0.3, 0.4) is 0 Å². The number of rotatable bonds is 7. The number of fused-ring (bicyclic) bond motifs is 1. The summed E-state index contributed by atoms with van der Waals surface area (Å²) in [5, 5.41) is 9.36. The largest absolute Gasteiger partial charge is 0.493 e. The number of hydrogen-bond donors (Lipinski definition) is 2. The highest BCUT2D eigenvalue weighted by Crippen LogP contribution is 2.36. The lowest BCUT2D eigenvalue weighted by Gasteiger charge is -2.16. The van der Waals surface area contributed by atoms with Crippen LogP contribution in [0.15, 0.2) is 35.2 Å². The van der Waals surface area contributed by atoms with E-state index in [2.05, 4.69) is 9.46 Å². The van der Waals surface area contributed by atoms with Crippen LogP contribution in [0.2, 0.25) is 0 Å². The fourth-order valence-electron chi connectivity index (χ4n) is 3.09. The van der Waals surface area contributed by atoms with Crippen molar-refractivity contribution in [3.8, 4) is 11.5 Å². The van der Waals surface area contributed by atoms with Crippen molar-refractivity contribution in [2.75, 3.05) is 11.8 Å². The SMILES string of the molecule is COc1cc(NS(=O)(=O)c2ccc3c(c2)CCC3)c(C(=O)O)cc1OC(F)F. The highest BCUT2D eigenvalue weighted by molar-refractivity contribution is 7.92. The Morgan fingerprint density at radius 1 is 1.14 bits per heavy atom. The molecule has 28 heavy (non-hydrogen) atoms. The average molecular weight is 413 g/mol. The standard InChI is InChI=1S/C18H17F2NO6S/c1-26-15-9-14(13(17(22)23)8-16(15)27-18(19)20)21-28(24,25)12-6-5-10-3-2-4-11(10)7-12/h5-9,18,21H,2-4H2,1H3,(H,22,23). The minimum atomic E-state index is -4.11. The molecule has 0 bridgehead atoms. The number of methoxy groups -OCH3 is 1. The summed E-state index contributed by atoms with van der Waals surface area (Å²) in [4.78, 5) is 11.5. The maximum atomic E-state index is 12.7. The summed E-state index contributed by atoms with van der Waals surface area (Å²) in [6.45, 7) is -3.20. The molecular formula is C18H17F2NO6S. The van der Waals surface area contributed by atoms with E-state index in [1.807, 2.05) is 0 Å². The van der Waals surface area contributed by atoms with E-state index in [0.29, 0.717) is 0 Å². The van der Waals surface area contributed by atoms with Crippen molar-refractivity contribution in [2.45, 2.75) is 30.8 Å². The Labute approximate surface area is 159 Å². The van der Waals surface area contributed by atoms with Gasteiger partial charge in [0, 0.05) is 12.1 Å². The molecule has 2 aromatic carbocycles. The molecule has 0 unspecified atom stereocenters. The topological polar surface area (TPSA) is 102 Å². The summed E-state index contributed by atoms with van der Waals surface area (Å²) in [5.74, 6) is -2.28. The first kappa shape index (κ1) is 19.9. The molecular weight excluding hydrogens is 396 g/mol. The van der Waals surface area contributed by atoms with Gasteiger partial charge in [0.25, 0.3) is 10.0 Å². The van der Waals surface area contributed by atoms with Gasteiger partial charge in [0.2, 0.25) is 0 Å². The number of anilines is 1. The number of carbonyl (C=O) groups is 1. The molecule has 0 heterocycles. The lowest BCUT2D eigenvalue weighted by molar-refractivity contribution is -0.0512. The maximum absolute atomic E-state index is 12.7. The van der Waals surface area contributed by atoms with Crippen LogP contribution in [0, 0.1) is 0 Å². The zero-order valence-electron chi connectivity index (χ0n) is 14.7. The Morgan fingerprint density at radius 2 is 1.86 bits per heavy atom. The third-order valence-electron chi connectivity index (χ3n) is 4.37. The average Bonchev–Trinajstić information content (AvgIpc) is 3.09. The van der Waals surface area contributed by atoms with E-state index < -0.39 is 33.9 Å². The van der Waals surface area contributed by atoms with Crippen LogP contribution in [0.4, 0.5) is 14.5 Å². The number of aryl methyl sites for hydroxylation is 2. The smallest absolute Gasteiger partial charge is 0.387 e. The number of ether oxygens (including phenoxy) is 2. The first-order chi connectivity index (χ1) is 13.2. The second-order valence-corrected chi connectivity index (χ2v) is 7.80. The summed E-state index contributed by atoms with van der Waals surface area (Å²) in [6.07, 6.45) is 2.60. The molecule has 0 spiro atoms. The molecule has 2 aromatic rings. The molecule has 0 radical (unpaired) electrons. The molecule has 0 atom stereocenters. The number of benzene rings is 2. The molecule has 0 aromatic heterocycles. The van der Waals surface area contributed by atoms with Crippen LogP contribution in [0.25, 0.3) is 0 Å². The number of carboxylic acid groups (broad SMARTS) is 1. The van der Waals surface area contributed by atoms with E-state index in [9.17, 15) is 27.1 Å². The summed E-state index contributed by atoms with van der Waals surface area (Å²) in [7, 11) is -2.95. The van der Waals surface area contributed by atoms with Crippen LogP contribution in [0.1, 0.15) is 27.9 Å². The van der Waals surface area contributed by atoms with Gasteiger partial charge < -0.3 is 14.6 Å². The van der Waals surface area contributed by atoms with Gasteiger partial charge >= 0.3 is 12.6 Å². The van der Waals surface area contributed by atoms with Gasteiger partial charge in [-0.15, -0.1) is 0 Å². The molecule has 0 fully saturated rings. The van der Waals surface area contributed by atoms with Crippen molar-refractivity contribution >= 4 is 21.7 Å². The molecule has 3 rings (SSSR count). The second-order valence-electron chi connectivity index (χ2n) is 6.12. The molecule has 0 saturated carbocycles. The van der Waals surface area contributed by atoms with E-state index in [1.54, 1.807) is 12.1 Å². The monoisotopic (exact) mass is 413 g/mol. The van der Waals surface area contributed by atoms with E-state index in [0.717, 1.165) is 49.6 Å². The molecule has 1 aliphatic carbocycles. The molecule has 0 aliphatic heterocycles. The highest BCUT2D eigenvalue weighted by Gasteiger charge is 2.24. The lowest BCUT2D eigenvalue weighted by atomic mass is 10.1. The van der Waals surface area contributed by atoms with Crippen molar-refractivity contribution in [2.24, 2.45) is 0 Å². The zero-order chi connectivity index (χ0) is 20.5. The number of halogens is 2. The summed E-state index contributed by atoms with van der Waals surface area (Å²) < 4.78 is 61.9. The van der Waals surface area contributed by atoms with Gasteiger partial charge in [-0.05, 0) is 42.5 Å². The summed E-state index contributed by atoms with van der Waals surface area (Å²) in [5.41, 5.74) is 1.13. The first-order valence-electron chi connectivity index (χ1n) is 8.26. The maximum Gasteiger partial charge on any atom is 0.387 e. The van der Waals surface area contributed by atoms with Crippen LogP contribution < -0.4 is 14.2 Å². The molecule has 150 valence electrons. The quantitative estimate of drug-likeness (QED) is 0.722. The number of nitrogens with one attached hydrogen (secondary N) is 1. The number of sulfonamides is 1. The van der Waals surface area contributed by atoms with Crippen molar-refractivity contribution in [3.05, 3.63) is 47.0 Å². The van der Waals surface area contributed by atoms with Crippen LogP contribution >= 0.6 is 0 Å². The van der Waals surface area contributed by atoms with E-state index in [4.69, 9.17) is 4.74 Å². The number of carboxylic acids is 1. The van der Waals surface area contributed by atoms with Gasteiger partial charge in [-0.3, -0.25) is 4.72 Å². The van der Waals surface area contributed by atoms with Crippen LogP contribution in [-0.4, -0.2) is 33.2 Å². The van der Waals surface area contributed by atoms with Gasteiger partial charge in [-0.2, -0.15) is 8.78 Å².